The fourth-order valence-corrected chi connectivity index (χ4v) is 1.52. The van der Waals surface area contributed by atoms with E-state index >= 15 is 0 Å². The minimum Gasteiger partial charge on any atom is -0.467 e. The van der Waals surface area contributed by atoms with Crippen LogP contribution in [0.4, 0.5) is 0 Å². The van der Waals surface area contributed by atoms with Crippen molar-refractivity contribution in [3.63, 3.8) is 0 Å². The van der Waals surface area contributed by atoms with Crippen LogP contribution in [-0.4, -0.2) is 49.8 Å². The van der Waals surface area contributed by atoms with Crippen molar-refractivity contribution in [3.05, 3.63) is 11.3 Å². The van der Waals surface area contributed by atoms with Crippen LogP contribution in [0.25, 0.3) is 0 Å². The van der Waals surface area contributed by atoms with E-state index in [4.69, 9.17) is 9.26 Å². The van der Waals surface area contributed by atoms with E-state index in [2.05, 4.69) is 29.3 Å². The van der Waals surface area contributed by atoms with Crippen molar-refractivity contribution in [3.8, 4) is 5.95 Å². The maximum Gasteiger partial charge on any atom is 0.314 e. The molecule has 1 amide bonds. The monoisotopic (exact) mass is 255 g/mol. The van der Waals surface area contributed by atoms with Crippen LogP contribution in [-0.2, 0) is 0 Å². The maximum atomic E-state index is 11.8. The summed E-state index contributed by atoms with van der Waals surface area (Å²) in [6.07, 6.45) is 0.907. The molecule has 1 aromatic rings. The molecule has 102 valence electrons. The summed E-state index contributed by atoms with van der Waals surface area (Å²) in [7, 11) is 3.53. The van der Waals surface area contributed by atoms with Gasteiger partial charge in [0.25, 0.3) is 5.91 Å². The fraction of sp³-hybridized carbons (Fsp3) is 0.667. The van der Waals surface area contributed by atoms with Gasteiger partial charge in [0.2, 0.25) is 0 Å². The molecule has 0 saturated heterocycles. The highest BCUT2D eigenvalue weighted by molar-refractivity contribution is 5.93. The highest BCUT2D eigenvalue weighted by Gasteiger charge is 2.18. The number of methoxy groups -OCH3 is 1. The Labute approximate surface area is 107 Å². The van der Waals surface area contributed by atoms with Crippen LogP contribution >= 0.6 is 0 Å². The van der Waals surface area contributed by atoms with Gasteiger partial charge in [-0.3, -0.25) is 4.79 Å². The quantitative estimate of drug-likeness (QED) is 0.738. The van der Waals surface area contributed by atoms with E-state index in [-0.39, 0.29) is 17.5 Å². The van der Waals surface area contributed by atoms with Crippen molar-refractivity contribution in [1.29, 1.82) is 0 Å². The van der Waals surface area contributed by atoms with Gasteiger partial charge in [0, 0.05) is 6.54 Å². The van der Waals surface area contributed by atoms with Crippen LogP contribution in [0.2, 0.25) is 0 Å². The SMILES string of the molecule is CCN(C)CCCNC(=O)c1noc(OC)c1C. The van der Waals surface area contributed by atoms with Gasteiger partial charge in [-0.05, 0) is 33.5 Å². The van der Waals surface area contributed by atoms with Gasteiger partial charge in [0.05, 0.1) is 12.7 Å². The third-order valence-electron chi connectivity index (χ3n) is 2.82. The molecule has 0 fully saturated rings. The molecule has 0 unspecified atom stereocenters. The van der Waals surface area contributed by atoms with Crippen LogP contribution in [0.1, 0.15) is 29.4 Å². The number of aromatic nitrogens is 1. The molecule has 1 heterocycles. The average Bonchev–Trinajstić information content (AvgIpc) is 2.75. The molecular formula is C12H21N3O3. The Morgan fingerprint density at radius 2 is 2.28 bits per heavy atom. The predicted octanol–water partition coefficient (Wildman–Crippen LogP) is 1.06. The van der Waals surface area contributed by atoms with Gasteiger partial charge >= 0.3 is 5.95 Å². The summed E-state index contributed by atoms with van der Waals surface area (Å²) in [5.41, 5.74) is 0.913. The Morgan fingerprint density at radius 3 is 2.83 bits per heavy atom. The molecule has 0 radical (unpaired) electrons. The number of carbonyl (C=O) groups excluding carboxylic acids is 1. The Balaban J connectivity index is 2.39. The van der Waals surface area contributed by atoms with Crippen LogP contribution < -0.4 is 10.1 Å². The zero-order valence-corrected chi connectivity index (χ0v) is 11.4. The van der Waals surface area contributed by atoms with E-state index in [9.17, 15) is 4.79 Å². The Morgan fingerprint density at radius 1 is 1.56 bits per heavy atom. The summed E-state index contributed by atoms with van der Waals surface area (Å²) in [6, 6.07) is 0. The second-order valence-corrected chi connectivity index (χ2v) is 4.15. The Hall–Kier alpha value is -1.56. The van der Waals surface area contributed by atoms with Crippen molar-refractivity contribution in [2.75, 3.05) is 33.8 Å². The van der Waals surface area contributed by atoms with E-state index in [0.717, 1.165) is 19.5 Å². The molecule has 1 N–H and O–H groups in total. The number of hydrogen-bond donors (Lipinski definition) is 1. The Kier molecular flexibility index (Phi) is 5.64. The lowest BCUT2D eigenvalue weighted by Crippen LogP contribution is -2.28. The van der Waals surface area contributed by atoms with Gasteiger partial charge < -0.3 is 19.5 Å². The van der Waals surface area contributed by atoms with Crippen molar-refractivity contribution in [2.45, 2.75) is 20.3 Å². The molecule has 0 aliphatic carbocycles. The minimum absolute atomic E-state index is 0.223. The number of nitrogens with one attached hydrogen (secondary N) is 1. The Bertz CT molecular complexity index is 390. The first-order valence-electron chi connectivity index (χ1n) is 6.07. The smallest absolute Gasteiger partial charge is 0.314 e. The van der Waals surface area contributed by atoms with E-state index in [0.29, 0.717) is 12.1 Å². The van der Waals surface area contributed by atoms with Crippen LogP contribution in [0.5, 0.6) is 5.95 Å². The van der Waals surface area contributed by atoms with Gasteiger partial charge in [-0.2, -0.15) is 0 Å². The van der Waals surface area contributed by atoms with Gasteiger partial charge in [-0.1, -0.05) is 12.1 Å². The zero-order valence-electron chi connectivity index (χ0n) is 11.4. The summed E-state index contributed by atoms with van der Waals surface area (Å²) < 4.78 is 9.82. The molecular weight excluding hydrogens is 234 g/mol. The lowest BCUT2D eigenvalue weighted by molar-refractivity contribution is 0.0942. The minimum atomic E-state index is -0.223. The lowest BCUT2D eigenvalue weighted by Gasteiger charge is -2.13. The molecule has 0 aromatic carbocycles. The molecule has 0 bridgehead atoms. The van der Waals surface area contributed by atoms with Crippen molar-refractivity contribution in [1.82, 2.24) is 15.4 Å². The van der Waals surface area contributed by atoms with Gasteiger partial charge in [0.15, 0.2) is 5.69 Å². The summed E-state index contributed by atoms with van der Waals surface area (Å²) in [5.74, 6) is 0.0598. The largest absolute Gasteiger partial charge is 0.467 e. The number of hydrogen-bond acceptors (Lipinski definition) is 5. The van der Waals surface area contributed by atoms with Gasteiger partial charge in [-0.25, -0.2) is 0 Å². The molecule has 6 heteroatoms. The third kappa shape index (κ3) is 3.73. The summed E-state index contributed by atoms with van der Waals surface area (Å²) in [4.78, 5) is 14.0. The number of rotatable bonds is 7. The van der Waals surface area contributed by atoms with Gasteiger partial charge in [0.1, 0.15) is 0 Å². The summed E-state index contributed by atoms with van der Waals surface area (Å²) >= 11 is 0. The zero-order chi connectivity index (χ0) is 13.5. The number of amides is 1. The lowest BCUT2D eigenvalue weighted by atomic mass is 10.2. The molecule has 0 aliphatic rings. The average molecular weight is 255 g/mol. The molecule has 1 aromatic heterocycles. The molecule has 1 rings (SSSR count). The fourth-order valence-electron chi connectivity index (χ4n) is 1.52. The third-order valence-corrected chi connectivity index (χ3v) is 2.82. The van der Waals surface area contributed by atoms with E-state index in [1.54, 1.807) is 6.92 Å². The normalized spacial score (nSPS) is 10.7. The van der Waals surface area contributed by atoms with Gasteiger partial charge in [-0.15, -0.1) is 0 Å². The molecule has 6 nitrogen and oxygen atoms in total. The number of carbonyl (C=O) groups is 1. The highest BCUT2D eigenvalue weighted by atomic mass is 16.6. The van der Waals surface area contributed by atoms with E-state index in [1.807, 2.05) is 0 Å². The molecule has 18 heavy (non-hydrogen) atoms. The first kappa shape index (κ1) is 14.5. The number of nitrogens with zero attached hydrogens (tertiary/aromatic N) is 2. The predicted molar refractivity (Wildman–Crippen MR) is 67.9 cm³/mol. The first-order chi connectivity index (χ1) is 8.60. The van der Waals surface area contributed by atoms with Crippen LogP contribution in [0.3, 0.4) is 0 Å². The van der Waals surface area contributed by atoms with Crippen molar-refractivity contribution in [2.24, 2.45) is 0 Å². The van der Waals surface area contributed by atoms with E-state index in [1.165, 1.54) is 7.11 Å². The first-order valence-corrected chi connectivity index (χ1v) is 6.07. The summed E-state index contributed by atoms with van der Waals surface area (Å²) in [6.45, 7) is 6.43. The maximum absolute atomic E-state index is 11.8. The molecule has 0 atom stereocenters. The highest BCUT2D eigenvalue weighted by Crippen LogP contribution is 2.19. The van der Waals surface area contributed by atoms with Crippen LogP contribution in [0, 0.1) is 6.92 Å². The molecule has 0 spiro atoms. The number of ether oxygens (including phenoxy) is 1. The molecule has 0 saturated carbocycles. The molecule has 0 aliphatic heterocycles. The topological polar surface area (TPSA) is 67.6 Å². The van der Waals surface area contributed by atoms with Crippen LogP contribution in [0.15, 0.2) is 4.52 Å². The van der Waals surface area contributed by atoms with Crippen molar-refractivity contribution >= 4 is 5.91 Å². The second-order valence-electron chi connectivity index (χ2n) is 4.15. The van der Waals surface area contributed by atoms with E-state index < -0.39 is 0 Å². The summed E-state index contributed by atoms with van der Waals surface area (Å²) in [5, 5.41) is 6.51. The standard InChI is InChI=1S/C12H21N3O3/c1-5-15(3)8-6-7-13-11(16)10-9(2)12(17-4)18-14-10/h5-8H2,1-4H3,(H,13,16). The second kappa shape index (κ2) is 7.00. The van der Waals surface area contributed by atoms with Crippen molar-refractivity contribution < 1.29 is 14.1 Å².